The number of anilines is 2. The Kier molecular flexibility index (Phi) is 5.52. The van der Waals surface area contributed by atoms with Crippen LogP contribution < -0.4 is 14.9 Å². The molecule has 2 fully saturated rings. The second kappa shape index (κ2) is 8.34. The maximum absolute atomic E-state index is 12.7. The zero-order chi connectivity index (χ0) is 22.3. The van der Waals surface area contributed by atoms with Crippen LogP contribution >= 0.6 is 11.6 Å². The van der Waals surface area contributed by atoms with Crippen molar-refractivity contribution in [2.45, 2.75) is 36.6 Å². The number of carbonyl (C=O) groups is 1. The van der Waals surface area contributed by atoms with Gasteiger partial charge in [-0.1, -0.05) is 17.7 Å². The first-order valence-corrected chi connectivity index (χ1v) is 12.4. The Bertz CT molecular complexity index is 1250. The van der Waals surface area contributed by atoms with E-state index >= 15 is 0 Å². The number of halogens is 1. The summed E-state index contributed by atoms with van der Waals surface area (Å²) in [5.74, 6) is 1.22. The van der Waals surface area contributed by atoms with Gasteiger partial charge in [-0.25, -0.2) is 13.1 Å². The van der Waals surface area contributed by atoms with Gasteiger partial charge in [0.2, 0.25) is 21.9 Å². The van der Waals surface area contributed by atoms with Gasteiger partial charge >= 0.3 is 0 Å². The van der Waals surface area contributed by atoms with Crippen LogP contribution in [0.2, 0.25) is 5.02 Å². The van der Waals surface area contributed by atoms with E-state index in [1.54, 1.807) is 16.6 Å². The number of carbonyl (C=O) groups excluding carboxylic acids is 1. The molecular weight excluding hydrogens is 452 g/mol. The Morgan fingerprint density at radius 2 is 1.75 bits per heavy atom. The van der Waals surface area contributed by atoms with E-state index in [9.17, 15) is 13.2 Å². The molecular formula is C21H23ClN6O3S. The second-order valence-electron chi connectivity index (χ2n) is 8.19. The zero-order valence-corrected chi connectivity index (χ0v) is 18.8. The minimum Gasteiger partial charge on any atom is -0.356 e. The van der Waals surface area contributed by atoms with Crippen molar-refractivity contribution in [3.8, 4) is 0 Å². The molecule has 1 aliphatic carbocycles. The third-order valence-electron chi connectivity index (χ3n) is 5.79. The molecule has 5 rings (SSSR count). The molecule has 1 saturated heterocycles. The summed E-state index contributed by atoms with van der Waals surface area (Å²) in [5.41, 5.74) is 0.652. The molecule has 3 heterocycles. The molecule has 9 nitrogen and oxygen atoms in total. The van der Waals surface area contributed by atoms with E-state index in [-0.39, 0.29) is 22.8 Å². The second-order valence-corrected chi connectivity index (χ2v) is 10.3. The van der Waals surface area contributed by atoms with Gasteiger partial charge in [0, 0.05) is 30.1 Å². The van der Waals surface area contributed by atoms with E-state index in [4.69, 9.17) is 11.6 Å². The number of benzene rings is 1. The van der Waals surface area contributed by atoms with E-state index in [0.29, 0.717) is 42.5 Å². The number of sulfonamides is 1. The summed E-state index contributed by atoms with van der Waals surface area (Å²) in [6, 6.07) is 11.7. The molecule has 3 aromatic rings. The van der Waals surface area contributed by atoms with Crippen molar-refractivity contribution >= 4 is 44.9 Å². The minimum atomic E-state index is -3.60. The van der Waals surface area contributed by atoms with Gasteiger partial charge in [-0.05, 0) is 62.1 Å². The summed E-state index contributed by atoms with van der Waals surface area (Å²) in [6.07, 6.45) is 3.15. The normalized spacial score (nSPS) is 17.6. The molecule has 1 aromatic carbocycles. The van der Waals surface area contributed by atoms with Crippen LogP contribution in [0.1, 0.15) is 25.7 Å². The number of hydrogen-bond acceptors (Lipinski definition) is 6. The number of fused-ring (bicyclic) bond motifs is 1. The lowest BCUT2D eigenvalue weighted by Crippen LogP contribution is -2.45. The van der Waals surface area contributed by atoms with Crippen LogP contribution in [0.25, 0.3) is 5.65 Å². The van der Waals surface area contributed by atoms with Crippen molar-refractivity contribution in [3.63, 3.8) is 0 Å². The molecule has 1 amide bonds. The smallest absolute Gasteiger partial charge is 0.249 e. The van der Waals surface area contributed by atoms with E-state index in [1.165, 1.54) is 12.1 Å². The third-order valence-corrected chi connectivity index (χ3v) is 7.58. The van der Waals surface area contributed by atoms with Gasteiger partial charge in [0.05, 0.1) is 4.90 Å². The highest BCUT2D eigenvalue weighted by Gasteiger charge is 2.30. The summed E-state index contributed by atoms with van der Waals surface area (Å²) >= 11 is 5.86. The van der Waals surface area contributed by atoms with Crippen LogP contribution in [0.15, 0.2) is 47.4 Å². The SMILES string of the molecule is O=C(Nc1nc2cccc(N3CCC(NS(=O)(=O)c4ccc(Cl)cc4)CC3)n2n1)C1CC1. The molecule has 0 radical (unpaired) electrons. The molecule has 168 valence electrons. The maximum atomic E-state index is 12.7. The Balaban J connectivity index is 1.26. The van der Waals surface area contributed by atoms with Gasteiger partial charge in [-0.15, -0.1) is 5.10 Å². The Morgan fingerprint density at radius 3 is 2.44 bits per heavy atom. The predicted molar refractivity (Wildman–Crippen MR) is 121 cm³/mol. The van der Waals surface area contributed by atoms with E-state index in [0.717, 1.165) is 18.7 Å². The van der Waals surface area contributed by atoms with Crippen molar-refractivity contribution in [3.05, 3.63) is 47.5 Å². The Labute approximate surface area is 190 Å². The maximum Gasteiger partial charge on any atom is 0.249 e. The molecule has 0 spiro atoms. The molecule has 0 bridgehead atoms. The number of pyridine rings is 1. The van der Waals surface area contributed by atoms with Gasteiger partial charge in [-0.3, -0.25) is 10.1 Å². The average Bonchev–Trinajstić information content (AvgIpc) is 3.54. The van der Waals surface area contributed by atoms with Gasteiger partial charge in [0.25, 0.3) is 0 Å². The molecule has 32 heavy (non-hydrogen) atoms. The van der Waals surface area contributed by atoms with Crippen LogP contribution in [0.5, 0.6) is 0 Å². The van der Waals surface area contributed by atoms with Crippen LogP contribution in [0, 0.1) is 5.92 Å². The van der Waals surface area contributed by atoms with Gasteiger partial charge in [0.1, 0.15) is 5.82 Å². The predicted octanol–water partition coefficient (Wildman–Crippen LogP) is 2.68. The molecule has 11 heteroatoms. The fourth-order valence-electron chi connectivity index (χ4n) is 3.87. The summed E-state index contributed by atoms with van der Waals surface area (Å²) in [4.78, 5) is 18.8. The van der Waals surface area contributed by atoms with E-state index in [2.05, 4.69) is 25.0 Å². The first kappa shape index (κ1) is 21.2. The minimum absolute atomic E-state index is 0.0313. The number of rotatable bonds is 6. The number of hydrogen-bond donors (Lipinski definition) is 2. The highest BCUT2D eigenvalue weighted by Crippen LogP contribution is 2.30. The monoisotopic (exact) mass is 474 g/mol. The fraction of sp³-hybridized carbons (Fsp3) is 0.381. The molecule has 2 aromatic heterocycles. The molecule has 2 N–H and O–H groups in total. The average molecular weight is 475 g/mol. The van der Waals surface area contributed by atoms with Crippen LogP contribution in [0.3, 0.4) is 0 Å². The summed E-state index contributed by atoms with van der Waals surface area (Å²) in [7, 11) is -3.60. The number of amides is 1. The van der Waals surface area contributed by atoms with Crippen LogP contribution in [0.4, 0.5) is 11.8 Å². The van der Waals surface area contributed by atoms with Crippen molar-refractivity contribution in [2.24, 2.45) is 5.92 Å². The highest BCUT2D eigenvalue weighted by atomic mass is 35.5. The standard InChI is InChI=1S/C21H23ClN6O3S/c22-15-6-8-17(9-7-15)32(30,31)26-16-10-12-27(13-11-16)19-3-1-2-18-23-21(25-28(18)19)24-20(29)14-4-5-14/h1-3,6-9,14,16,26H,4-5,10-13H2,(H,24,25,29). The Hall–Kier alpha value is -2.69. The summed E-state index contributed by atoms with van der Waals surface area (Å²) < 4.78 is 29.8. The largest absolute Gasteiger partial charge is 0.356 e. The number of nitrogens with zero attached hydrogens (tertiary/aromatic N) is 4. The fourth-order valence-corrected chi connectivity index (χ4v) is 5.30. The quantitative estimate of drug-likeness (QED) is 0.568. The lowest BCUT2D eigenvalue weighted by molar-refractivity contribution is -0.117. The molecule has 1 aliphatic heterocycles. The van der Waals surface area contributed by atoms with Crippen molar-refractivity contribution in [1.29, 1.82) is 0 Å². The molecule has 1 saturated carbocycles. The van der Waals surface area contributed by atoms with Crippen molar-refractivity contribution in [1.82, 2.24) is 19.3 Å². The van der Waals surface area contributed by atoms with Crippen LogP contribution in [-0.2, 0) is 14.8 Å². The number of nitrogens with one attached hydrogen (secondary N) is 2. The number of aromatic nitrogens is 3. The lowest BCUT2D eigenvalue weighted by atomic mass is 10.1. The number of piperidine rings is 1. The molecule has 0 unspecified atom stereocenters. The van der Waals surface area contributed by atoms with Gasteiger partial charge < -0.3 is 4.90 Å². The van der Waals surface area contributed by atoms with E-state index in [1.807, 2.05) is 18.2 Å². The highest BCUT2D eigenvalue weighted by molar-refractivity contribution is 7.89. The lowest BCUT2D eigenvalue weighted by Gasteiger charge is -2.33. The Morgan fingerprint density at radius 1 is 1.03 bits per heavy atom. The van der Waals surface area contributed by atoms with E-state index < -0.39 is 10.0 Å². The zero-order valence-electron chi connectivity index (χ0n) is 17.2. The summed E-state index contributed by atoms with van der Waals surface area (Å²) in [6.45, 7) is 1.33. The first-order chi connectivity index (χ1) is 15.4. The summed E-state index contributed by atoms with van der Waals surface area (Å²) in [5, 5.41) is 7.76. The van der Waals surface area contributed by atoms with Gasteiger partial charge in [0.15, 0.2) is 5.65 Å². The van der Waals surface area contributed by atoms with Gasteiger partial charge in [-0.2, -0.15) is 9.50 Å². The topological polar surface area (TPSA) is 109 Å². The molecule has 0 atom stereocenters. The molecule has 2 aliphatic rings. The third kappa shape index (κ3) is 4.43. The first-order valence-electron chi connectivity index (χ1n) is 10.6. The van der Waals surface area contributed by atoms with Crippen molar-refractivity contribution < 1.29 is 13.2 Å². The van der Waals surface area contributed by atoms with Crippen LogP contribution in [-0.4, -0.2) is 48.1 Å². The van der Waals surface area contributed by atoms with Crippen molar-refractivity contribution in [2.75, 3.05) is 23.3 Å².